The number of hydrogen-bond donors (Lipinski definition) is 0. The maximum atomic E-state index is 14.3. The first-order chi connectivity index (χ1) is 15.4. The summed E-state index contributed by atoms with van der Waals surface area (Å²) in [7, 11) is 0. The van der Waals surface area contributed by atoms with Gasteiger partial charge in [0.1, 0.15) is 11.6 Å². The van der Waals surface area contributed by atoms with Crippen molar-refractivity contribution >= 4 is 23.2 Å². The Bertz CT molecular complexity index is 1190. The minimum atomic E-state index is -0.706. The Labute approximate surface area is 193 Å². The van der Waals surface area contributed by atoms with Gasteiger partial charge in [0.25, 0.3) is 0 Å². The van der Waals surface area contributed by atoms with Crippen LogP contribution >= 0.6 is 11.6 Å². The Balaban J connectivity index is 1.52. The number of rotatable bonds is 3. The standard InChI is InChI=1S/C29H25ClO2/c1-27-22(18-13-15-21(30)16-14-18)17-23(27)25(31)28(2)24(26(27)32)29(28,19-9-5-3-6-10-19)20-11-7-4-8-12-20/h3-16,22-24H,17H2,1-2H3/t22-,23-,24+,27-,28+/m0/s1. The van der Waals surface area contributed by atoms with Gasteiger partial charge in [-0.3, -0.25) is 9.59 Å². The van der Waals surface area contributed by atoms with Crippen LogP contribution in [-0.2, 0) is 15.0 Å². The van der Waals surface area contributed by atoms with Crippen LogP contribution in [0.25, 0.3) is 0 Å². The zero-order chi connectivity index (χ0) is 22.3. The van der Waals surface area contributed by atoms with Gasteiger partial charge in [-0.05, 0) is 41.2 Å². The first-order valence-electron chi connectivity index (χ1n) is 11.3. The van der Waals surface area contributed by atoms with E-state index in [9.17, 15) is 9.59 Å². The van der Waals surface area contributed by atoms with Gasteiger partial charge in [-0.1, -0.05) is 98.2 Å². The van der Waals surface area contributed by atoms with Crippen LogP contribution in [0.5, 0.6) is 0 Å². The van der Waals surface area contributed by atoms with Crippen LogP contribution in [0.1, 0.15) is 42.9 Å². The third kappa shape index (κ3) is 2.12. The summed E-state index contributed by atoms with van der Waals surface area (Å²) in [5, 5.41) is 0.683. The SMILES string of the molecule is C[C@@]12C(=O)[C@H]3C(c4ccccc4)(c4ccccc4)[C@@]3(C)C(=O)[C@@H]1C[C@H]2c1ccc(Cl)cc1. The predicted molar refractivity (Wildman–Crippen MR) is 126 cm³/mol. The first-order valence-corrected chi connectivity index (χ1v) is 11.7. The van der Waals surface area contributed by atoms with E-state index < -0.39 is 16.2 Å². The molecule has 3 heteroatoms. The lowest BCUT2D eigenvalue weighted by Crippen LogP contribution is -2.59. The molecule has 3 aromatic rings. The summed E-state index contributed by atoms with van der Waals surface area (Å²) >= 11 is 6.10. The second-order valence-electron chi connectivity index (χ2n) is 10.1. The highest BCUT2D eigenvalue weighted by Gasteiger charge is 2.87. The van der Waals surface area contributed by atoms with E-state index in [2.05, 4.69) is 24.3 Å². The molecule has 0 aliphatic heterocycles. The van der Waals surface area contributed by atoms with E-state index in [0.29, 0.717) is 5.02 Å². The fourth-order valence-corrected chi connectivity index (χ4v) is 7.42. The Hall–Kier alpha value is -2.71. The van der Waals surface area contributed by atoms with Crippen molar-refractivity contribution < 1.29 is 9.59 Å². The number of ketones is 2. The molecule has 3 saturated carbocycles. The summed E-state index contributed by atoms with van der Waals surface area (Å²) in [5.41, 5.74) is 1.25. The zero-order valence-electron chi connectivity index (χ0n) is 18.2. The second kappa shape index (κ2) is 6.42. The van der Waals surface area contributed by atoms with E-state index in [1.807, 2.05) is 74.5 Å². The lowest BCUT2D eigenvalue weighted by molar-refractivity contribution is -0.161. The van der Waals surface area contributed by atoms with Crippen molar-refractivity contribution in [3.63, 3.8) is 0 Å². The summed E-state index contributed by atoms with van der Waals surface area (Å²) in [6.45, 7) is 4.06. The lowest BCUT2D eigenvalue weighted by Gasteiger charge is -2.55. The average molecular weight is 441 g/mol. The summed E-state index contributed by atoms with van der Waals surface area (Å²) < 4.78 is 0. The molecule has 0 spiro atoms. The largest absolute Gasteiger partial charge is 0.299 e. The van der Waals surface area contributed by atoms with Crippen LogP contribution in [0.15, 0.2) is 84.9 Å². The minimum absolute atomic E-state index is 0.0515. The van der Waals surface area contributed by atoms with Crippen molar-refractivity contribution in [3.05, 3.63) is 107 Å². The number of Topliss-reactive ketones (excluding diaryl/α,β-unsaturated/α-hetero) is 2. The fraction of sp³-hybridized carbons (Fsp3) is 0.310. The van der Waals surface area contributed by atoms with Gasteiger partial charge in [0.15, 0.2) is 0 Å². The maximum absolute atomic E-state index is 14.3. The van der Waals surface area contributed by atoms with Gasteiger partial charge in [0, 0.05) is 27.7 Å². The molecule has 3 aromatic carbocycles. The quantitative estimate of drug-likeness (QED) is 0.484. The molecule has 0 radical (unpaired) electrons. The van der Waals surface area contributed by atoms with E-state index in [-0.39, 0.29) is 29.3 Å². The van der Waals surface area contributed by atoms with Crippen molar-refractivity contribution in [3.8, 4) is 0 Å². The molecule has 0 saturated heterocycles. The summed E-state index contributed by atoms with van der Waals surface area (Å²) in [6.07, 6.45) is 0.727. The van der Waals surface area contributed by atoms with E-state index in [4.69, 9.17) is 11.6 Å². The minimum Gasteiger partial charge on any atom is -0.299 e. The molecule has 32 heavy (non-hydrogen) atoms. The van der Waals surface area contributed by atoms with Crippen LogP contribution < -0.4 is 0 Å². The summed E-state index contributed by atoms with van der Waals surface area (Å²) in [6, 6.07) is 28.1. The molecule has 0 aromatic heterocycles. The van der Waals surface area contributed by atoms with Crippen LogP contribution in [0.4, 0.5) is 0 Å². The number of hydrogen-bond acceptors (Lipinski definition) is 2. The lowest BCUT2D eigenvalue weighted by atomic mass is 9.45. The van der Waals surface area contributed by atoms with Crippen LogP contribution in [0, 0.1) is 22.7 Å². The van der Waals surface area contributed by atoms with Crippen molar-refractivity contribution in [1.82, 2.24) is 0 Å². The molecule has 6 rings (SSSR count). The smallest absolute Gasteiger partial charge is 0.145 e. The number of carbonyl (C=O) groups excluding carboxylic acids is 2. The molecule has 0 N–H and O–H groups in total. The van der Waals surface area contributed by atoms with Gasteiger partial charge in [0.05, 0.1) is 5.41 Å². The molecule has 3 fully saturated rings. The Morgan fingerprint density at radius 1 is 0.719 bits per heavy atom. The van der Waals surface area contributed by atoms with Gasteiger partial charge >= 0.3 is 0 Å². The number of fused-ring (bicyclic) bond motifs is 2. The Kier molecular flexibility index (Phi) is 4.00. The van der Waals surface area contributed by atoms with E-state index in [0.717, 1.165) is 23.1 Å². The zero-order valence-corrected chi connectivity index (χ0v) is 19.0. The highest BCUT2D eigenvalue weighted by molar-refractivity contribution is 6.30. The van der Waals surface area contributed by atoms with Crippen LogP contribution in [-0.4, -0.2) is 11.6 Å². The average Bonchev–Trinajstić information content (AvgIpc) is 3.41. The molecular weight excluding hydrogens is 416 g/mol. The molecule has 0 unspecified atom stereocenters. The summed E-state index contributed by atoms with van der Waals surface area (Å²) in [4.78, 5) is 28.5. The third-order valence-corrected chi connectivity index (χ3v) is 9.27. The normalized spacial score (nSPS) is 34.3. The Morgan fingerprint density at radius 2 is 1.25 bits per heavy atom. The summed E-state index contributed by atoms with van der Waals surface area (Å²) in [5.74, 6) is -0.0310. The highest BCUT2D eigenvalue weighted by Crippen LogP contribution is 2.81. The van der Waals surface area contributed by atoms with Crippen molar-refractivity contribution in [2.75, 3.05) is 0 Å². The predicted octanol–water partition coefficient (Wildman–Crippen LogP) is 6.22. The van der Waals surface area contributed by atoms with Gasteiger partial charge in [-0.2, -0.15) is 0 Å². The van der Waals surface area contributed by atoms with Crippen LogP contribution in [0.3, 0.4) is 0 Å². The van der Waals surface area contributed by atoms with Gasteiger partial charge in [-0.15, -0.1) is 0 Å². The molecule has 5 atom stereocenters. The van der Waals surface area contributed by atoms with Crippen molar-refractivity contribution in [1.29, 1.82) is 0 Å². The first kappa shape index (κ1) is 19.9. The van der Waals surface area contributed by atoms with Gasteiger partial charge < -0.3 is 0 Å². The molecule has 0 heterocycles. The second-order valence-corrected chi connectivity index (χ2v) is 10.5. The Morgan fingerprint density at radius 3 is 1.78 bits per heavy atom. The number of benzene rings is 3. The highest BCUT2D eigenvalue weighted by atomic mass is 35.5. The van der Waals surface area contributed by atoms with Gasteiger partial charge in [0.2, 0.25) is 0 Å². The topological polar surface area (TPSA) is 34.1 Å². The fourth-order valence-electron chi connectivity index (χ4n) is 7.30. The monoisotopic (exact) mass is 440 g/mol. The molecular formula is C29H25ClO2. The molecule has 0 bridgehead atoms. The van der Waals surface area contributed by atoms with E-state index in [1.165, 1.54) is 0 Å². The van der Waals surface area contributed by atoms with Gasteiger partial charge in [-0.25, -0.2) is 0 Å². The van der Waals surface area contributed by atoms with Crippen molar-refractivity contribution in [2.24, 2.45) is 22.7 Å². The van der Waals surface area contributed by atoms with Crippen LogP contribution in [0.2, 0.25) is 5.02 Å². The molecule has 2 nitrogen and oxygen atoms in total. The van der Waals surface area contributed by atoms with E-state index >= 15 is 0 Å². The molecule has 160 valence electrons. The van der Waals surface area contributed by atoms with Crippen molar-refractivity contribution in [2.45, 2.75) is 31.6 Å². The number of halogens is 1. The molecule has 3 aliphatic rings. The third-order valence-electron chi connectivity index (χ3n) is 9.02. The maximum Gasteiger partial charge on any atom is 0.145 e. The molecule has 3 aliphatic carbocycles. The number of carbonyl (C=O) groups is 2. The van der Waals surface area contributed by atoms with E-state index in [1.54, 1.807) is 0 Å². The molecule has 0 amide bonds.